The lowest BCUT2D eigenvalue weighted by Gasteiger charge is -2.31. The van der Waals surface area contributed by atoms with Crippen LogP contribution in [0.2, 0.25) is 0 Å². The van der Waals surface area contributed by atoms with Crippen molar-refractivity contribution in [3.63, 3.8) is 0 Å². The van der Waals surface area contributed by atoms with Crippen molar-refractivity contribution in [3.05, 3.63) is 23.8 Å². The molecule has 0 bridgehead atoms. The zero-order valence-corrected chi connectivity index (χ0v) is 14.7. The van der Waals surface area contributed by atoms with E-state index in [0.29, 0.717) is 0 Å². The molecule has 3 nitrogen and oxygen atoms in total. The standard InChI is InChI=1S/C20H31NO2/c1-21(14-16-8-5-3-4-6-9-16)15-18-13-12-17-10-7-11-19(22-2)20(17)23-18/h7,10-11,16,18H,3-6,8-9,12-15H2,1-2H3/t18-/m1/s1. The van der Waals surface area contributed by atoms with Crippen molar-refractivity contribution in [2.24, 2.45) is 5.92 Å². The molecule has 1 aromatic carbocycles. The van der Waals surface area contributed by atoms with E-state index in [4.69, 9.17) is 9.47 Å². The van der Waals surface area contributed by atoms with Crippen LogP contribution >= 0.6 is 0 Å². The lowest BCUT2D eigenvalue weighted by molar-refractivity contribution is 0.113. The van der Waals surface area contributed by atoms with Gasteiger partial charge in [0.25, 0.3) is 0 Å². The smallest absolute Gasteiger partial charge is 0.164 e. The van der Waals surface area contributed by atoms with E-state index >= 15 is 0 Å². The number of fused-ring (bicyclic) bond motifs is 1. The summed E-state index contributed by atoms with van der Waals surface area (Å²) in [6.45, 7) is 2.24. The second-order valence-electron chi connectivity index (χ2n) is 7.31. The van der Waals surface area contributed by atoms with Crippen LogP contribution in [0.3, 0.4) is 0 Å². The zero-order chi connectivity index (χ0) is 16.1. The average Bonchev–Trinajstić information content (AvgIpc) is 2.82. The maximum Gasteiger partial charge on any atom is 0.164 e. The van der Waals surface area contributed by atoms with Crippen molar-refractivity contribution < 1.29 is 9.47 Å². The monoisotopic (exact) mass is 317 g/mol. The molecule has 2 aliphatic rings. The summed E-state index contributed by atoms with van der Waals surface area (Å²) >= 11 is 0. The quantitative estimate of drug-likeness (QED) is 0.756. The number of methoxy groups -OCH3 is 1. The van der Waals surface area contributed by atoms with Crippen LogP contribution in [0.1, 0.15) is 50.5 Å². The second-order valence-corrected chi connectivity index (χ2v) is 7.31. The molecule has 23 heavy (non-hydrogen) atoms. The van der Waals surface area contributed by atoms with Gasteiger partial charge >= 0.3 is 0 Å². The van der Waals surface area contributed by atoms with Gasteiger partial charge in [-0.1, -0.05) is 37.8 Å². The highest BCUT2D eigenvalue weighted by molar-refractivity contribution is 5.47. The molecule has 0 aromatic heterocycles. The van der Waals surface area contributed by atoms with Crippen molar-refractivity contribution in [1.29, 1.82) is 0 Å². The van der Waals surface area contributed by atoms with Gasteiger partial charge in [-0.25, -0.2) is 0 Å². The van der Waals surface area contributed by atoms with Crippen molar-refractivity contribution >= 4 is 0 Å². The van der Waals surface area contributed by atoms with Gasteiger partial charge in [-0.15, -0.1) is 0 Å². The topological polar surface area (TPSA) is 21.7 Å². The molecule has 1 aromatic rings. The minimum atomic E-state index is 0.287. The summed E-state index contributed by atoms with van der Waals surface area (Å²) in [6, 6.07) is 6.21. The summed E-state index contributed by atoms with van der Waals surface area (Å²) in [6.07, 6.45) is 11.0. The van der Waals surface area contributed by atoms with E-state index in [1.54, 1.807) is 7.11 Å². The molecular formula is C20H31NO2. The first-order valence-electron chi connectivity index (χ1n) is 9.27. The minimum Gasteiger partial charge on any atom is -0.493 e. The SMILES string of the molecule is COc1cccc2c1O[C@@H](CN(C)CC1CCCCCC1)CC2. The van der Waals surface area contributed by atoms with E-state index in [2.05, 4.69) is 24.1 Å². The van der Waals surface area contributed by atoms with Gasteiger partial charge in [-0.05, 0) is 50.3 Å². The third kappa shape index (κ3) is 4.41. The third-order valence-corrected chi connectivity index (χ3v) is 5.36. The van der Waals surface area contributed by atoms with Gasteiger partial charge in [0.2, 0.25) is 0 Å². The van der Waals surface area contributed by atoms with Crippen LogP contribution in [0.25, 0.3) is 0 Å². The fraction of sp³-hybridized carbons (Fsp3) is 0.700. The Balaban J connectivity index is 1.54. The van der Waals surface area contributed by atoms with E-state index in [1.165, 1.54) is 50.6 Å². The molecule has 1 heterocycles. The molecule has 1 atom stereocenters. The molecule has 1 saturated carbocycles. The Hall–Kier alpha value is -1.22. The van der Waals surface area contributed by atoms with Gasteiger partial charge < -0.3 is 14.4 Å². The molecule has 3 rings (SSSR count). The molecule has 0 unspecified atom stereocenters. The van der Waals surface area contributed by atoms with Crippen LogP contribution in [-0.2, 0) is 6.42 Å². The highest BCUT2D eigenvalue weighted by atomic mass is 16.5. The van der Waals surface area contributed by atoms with E-state index in [9.17, 15) is 0 Å². The molecule has 1 aliphatic heterocycles. The van der Waals surface area contributed by atoms with Gasteiger partial charge in [0, 0.05) is 13.1 Å². The van der Waals surface area contributed by atoms with Crippen LogP contribution in [0.5, 0.6) is 11.5 Å². The van der Waals surface area contributed by atoms with Gasteiger partial charge in [0.15, 0.2) is 11.5 Å². The van der Waals surface area contributed by atoms with E-state index in [1.807, 2.05) is 6.07 Å². The summed E-state index contributed by atoms with van der Waals surface area (Å²) in [7, 11) is 3.98. The second kappa shape index (κ2) is 8.05. The average molecular weight is 317 g/mol. The Labute approximate surface area is 141 Å². The number of nitrogens with zero attached hydrogens (tertiary/aromatic N) is 1. The summed E-state index contributed by atoms with van der Waals surface area (Å²) < 4.78 is 11.7. The molecule has 0 saturated heterocycles. The number of para-hydroxylation sites is 1. The normalized spacial score (nSPS) is 22.3. The van der Waals surface area contributed by atoms with Crippen LogP contribution in [0.4, 0.5) is 0 Å². The summed E-state index contributed by atoms with van der Waals surface area (Å²) in [5, 5.41) is 0. The summed E-state index contributed by atoms with van der Waals surface area (Å²) in [4.78, 5) is 2.49. The van der Waals surface area contributed by atoms with Crippen molar-refractivity contribution in [1.82, 2.24) is 4.90 Å². The number of likely N-dealkylation sites (N-methyl/N-ethyl adjacent to an activating group) is 1. The lowest BCUT2D eigenvalue weighted by atomic mass is 9.98. The first-order valence-corrected chi connectivity index (χ1v) is 9.27. The molecule has 0 amide bonds. The molecule has 3 heteroatoms. The van der Waals surface area contributed by atoms with Gasteiger partial charge in [0.05, 0.1) is 7.11 Å². The first kappa shape index (κ1) is 16.6. The van der Waals surface area contributed by atoms with E-state index in [-0.39, 0.29) is 6.10 Å². The molecular weight excluding hydrogens is 286 g/mol. The molecule has 0 radical (unpaired) electrons. The Bertz CT molecular complexity index is 480. The van der Waals surface area contributed by atoms with Crippen LogP contribution < -0.4 is 9.47 Å². The number of aryl methyl sites for hydroxylation is 1. The van der Waals surface area contributed by atoms with Crippen LogP contribution in [0.15, 0.2) is 18.2 Å². The zero-order valence-electron chi connectivity index (χ0n) is 14.7. The Morgan fingerprint density at radius 2 is 1.87 bits per heavy atom. The van der Waals surface area contributed by atoms with E-state index in [0.717, 1.165) is 36.8 Å². The number of benzene rings is 1. The van der Waals surface area contributed by atoms with Crippen molar-refractivity contribution in [2.45, 2.75) is 57.5 Å². The molecule has 128 valence electrons. The maximum atomic E-state index is 6.27. The Kier molecular flexibility index (Phi) is 5.82. The predicted octanol–water partition coefficient (Wildman–Crippen LogP) is 4.29. The largest absolute Gasteiger partial charge is 0.493 e. The lowest BCUT2D eigenvalue weighted by Crippen LogP contribution is -2.37. The maximum absolute atomic E-state index is 6.27. The van der Waals surface area contributed by atoms with Gasteiger partial charge in [0.1, 0.15) is 6.10 Å². The minimum absolute atomic E-state index is 0.287. The third-order valence-electron chi connectivity index (χ3n) is 5.36. The summed E-state index contributed by atoms with van der Waals surface area (Å²) in [5.74, 6) is 2.72. The number of hydrogen-bond donors (Lipinski definition) is 0. The highest BCUT2D eigenvalue weighted by Gasteiger charge is 2.24. The number of hydrogen-bond acceptors (Lipinski definition) is 3. The Morgan fingerprint density at radius 1 is 1.09 bits per heavy atom. The van der Waals surface area contributed by atoms with Gasteiger partial charge in [-0.2, -0.15) is 0 Å². The highest BCUT2D eigenvalue weighted by Crippen LogP contribution is 2.36. The molecule has 0 spiro atoms. The molecule has 1 aliphatic carbocycles. The number of ether oxygens (including phenoxy) is 2. The predicted molar refractivity (Wildman–Crippen MR) is 94.4 cm³/mol. The van der Waals surface area contributed by atoms with E-state index < -0.39 is 0 Å². The van der Waals surface area contributed by atoms with Crippen LogP contribution in [-0.4, -0.2) is 38.3 Å². The van der Waals surface area contributed by atoms with Crippen molar-refractivity contribution in [3.8, 4) is 11.5 Å². The number of rotatable bonds is 5. The fourth-order valence-electron chi connectivity index (χ4n) is 4.13. The van der Waals surface area contributed by atoms with Crippen LogP contribution in [0, 0.1) is 5.92 Å². The van der Waals surface area contributed by atoms with Gasteiger partial charge in [-0.3, -0.25) is 0 Å². The molecule has 1 fully saturated rings. The van der Waals surface area contributed by atoms with Crippen molar-refractivity contribution in [2.75, 3.05) is 27.2 Å². The molecule has 0 N–H and O–H groups in total. The fourth-order valence-corrected chi connectivity index (χ4v) is 4.13. The Morgan fingerprint density at radius 3 is 2.61 bits per heavy atom. The summed E-state index contributed by atoms with van der Waals surface area (Å²) in [5.41, 5.74) is 1.28. The first-order chi connectivity index (χ1) is 11.3.